The Morgan fingerprint density at radius 3 is 2.52 bits per heavy atom. The van der Waals surface area contributed by atoms with Gasteiger partial charge in [0.25, 0.3) is 0 Å². The zero-order chi connectivity index (χ0) is 37.0. The van der Waals surface area contributed by atoms with E-state index < -0.39 is 0 Å². The van der Waals surface area contributed by atoms with Crippen molar-refractivity contribution in [1.82, 2.24) is 0 Å². The van der Waals surface area contributed by atoms with Crippen LogP contribution in [0.25, 0.3) is 22.9 Å². The molecule has 3 aromatic rings. The highest BCUT2D eigenvalue weighted by Gasteiger charge is 2.40. The third-order valence-electron chi connectivity index (χ3n) is 13.9. The summed E-state index contributed by atoms with van der Waals surface area (Å²) < 4.78 is 0. The van der Waals surface area contributed by atoms with Gasteiger partial charge in [-0.05, 0) is 112 Å². The largest absolute Gasteiger partial charge is 0.284 e. The molecule has 8 aliphatic rings. The average Bonchev–Trinajstić information content (AvgIpc) is 3.28. The summed E-state index contributed by atoms with van der Waals surface area (Å²) in [5.74, 6) is 3.74. The fraction of sp³-hybridized carbons (Fsp3) is 0.302. The molecule has 2 aliphatic heterocycles. The van der Waals surface area contributed by atoms with Gasteiger partial charge in [-0.2, -0.15) is 0 Å². The Morgan fingerprint density at radius 1 is 0.732 bits per heavy atom. The van der Waals surface area contributed by atoms with E-state index in [2.05, 4.69) is 152 Å². The minimum Gasteiger partial charge on any atom is -0.284 e. The molecule has 56 heavy (non-hydrogen) atoms. The van der Waals surface area contributed by atoms with Crippen molar-refractivity contribution in [1.29, 1.82) is 0 Å². The molecule has 3 nitrogen and oxygen atoms in total. The number of para-hydroxylation sites is 1. The predicted molar refractivity (Wildman–Crippen MR) is 233 cm³/mol. The molecular weight excluding hydrogens is 679 g/mol. The topological polar surface area (TPSA) is 37.1 Å². The van der Waals surface area contributed by atoms with Crippen LogP contribution in [0.5, 0.6) is 0 Å². The van der Waals surface area contributed by atoms with Crippen LogP contribution in [0, 0.1) is 35.5 Å². The van der Waals surface area contributed by atoms with E-state index in [-0.39, 0.29) is 12.0 Å². The molecule has 8 unspecified atom stereocenters. The first kappa shape index (κ1) is 33.9. The number of hydrogen-bond acceptors (Lipinski definition) is 3. The third-order valence-corrected chi connectivity index (χ3v) is 13.9. The van der Waals surface area contributed by atoms with Crippen LogP contribution in [0.4, 0.5) is 0 Å². The Kier molecular flexibility index (Phi) is 8.63. The fourth-order valence-corrected chi connectivity index (χ4v) is 11.0. The Bertz CT molecular complexity index is 2590. The van der Waals surface area contributed by atoms with Gasteiger partial charge in [0.15, 0.2) is 0 Å². The summed E-state index contributed by atoms with van der Waals surface area (Å²) in [5.41, 5.74) is 10.2. The van der Waals surface area contributed by atoms with Crippen molar-refractivity contribution in [3.63, 3.8) is 0 Å². The quantitative estimate of drug-likeness (QED) is 0.235. The first-order chi connectivity index (χ1) is 27.7. The molecule has 8 atom stereocenters. The normalized spacial score (nSPS) is 31.0. The van der Waals surface area contributed by atoms with Crippen molar-refractivity contribution in [3.05, 3.63) is 184 Å². The smallest absolute Gasteiger partial charge is 0.131 e. The van der Waals surface area contributed by atoms with Crippen molar-refractivity contribution >= 4 is 34.5 Å². The molecule has 3 aromatic carbocycles. The molecule has 0 radical (unpaired) electrons. The van der Waals surface area contributed by atoms with Crippen LogP contribution in [0.15, 0.2) is 171 Å². The van der Waals surface area contributed by atoms with Crippen LogP contribution >= 0.6 is 0 Å². The minimum absolute atomic E-state index is 0.134. The summed E-state index contributed by atoms with van der Waals surface area (Å²) in [6.45, 7) is 0.807. The van der Waals surface area contributed by atoms with Crippen molar-refractivity contribution in [3.8, 4) is 0 Å². The molecule has 3 heteroatoms. The molecule has 0 fully saturated rings. The fourth-order valence-electron chi connectivity index (χ4n) is 11.0. The molecule has 0 N–H and O–H groups in total. The number of allylic oxidation sites excluding steroid dienone is 14. The van der Waals surface area contributed by atoms with E-state index in [0.29, 0.717) is 35.5 Å². The molecule has 0 saturated carbocycles. The maximum Gasteiger partial charge on any atom is 0.131 e. The van der Waals surface area contributed by atoms with Gasteiger partial charge < -0.3 is 0 Å². The number of nitrogens with zero attached hydrogens (tertiary/aromatic N) is 3. The second-order valence-electron chi connectivity index (χ2n) is 17.0. The molecule has 276 valence electrons. The van der Waals surface area contributed by atoms with Crippen LogP contribution < -0.4 is 10.6 Å². The van der Waals surface area contributed by atoms with Crippen molar-refractivity contribution < 1.29 is 0 Å². The Morgan fingerprint density at radius 2 is 1.61 bits per heavy atom. The lowest BCUT2D eigenvalue weighted by Crippen LogP contribution is -2.37. The number of amidine groups is 1. The monoisotopic (exact) mass is 727 g/mol. The standard InChI is InChI=1S/C53H49N3/c1-4-14-42-38(11-1)30-48(46-18-8-6-16-44(42)46)35-23-25-36(26-24-35)51-32-52(49-31-39-12-2-5-15-43(39)45-17-7-9-19-47(45)49)56-53(55-51)37-27-21-34(22-28-37)41-29-40-13-3-10-20-50(40)54-33-41/h1-7,9-17,19-22,25,27,29-31,35,37,39,41,43,45,47,51H,8,18,23-24,26,28,32-33H2. The van der Waals surface area contributed by atoms with Gasteiger partial charge >= 0.3 is 0 Å². The van der Waals surface area contributed by atoms with Crippen LogP contribution in [0.3, 0.4) is 0 Å². The van der Waals surface area contributed by atoms with Gasteiger partial charge in [-0.15, -0.1) is 0 Å². The molecule has 11 rings (SSSR count). The number of benzene rings is 3. The predicted octanol–water partition coefficient (Wildman–Crippen LogP) is 10.5. The lowest BCUT2D eigenvalue weighted by molar-refractivity contribution is 0.340. The van der Waals surface area contributed by atoms with E-state index >= 15 is 0 Å². The van der Waals surface area contributed by atoms with E-state index in [1.54, 1.807) is 11.1 Å². The van der Waals surface area contributed by atoms with E-state index in [0.717, 1.165) is 56.3 Å². The van der Waals surface area contributed by atoms with Crippen LogP contribution in [0.2, 0.25) is 0 Å². The van der Waals surface area contributed by atoms with E-state index in [4.69, 9.17) is 15.0 Å². The first-order valence-corrected chi connectivity index (χ1v) is 21.2. The molecule has 2 heterocycles. The van der Waals surface area contributed by atoms with Crippen molar-refractivity contribution in [2.75, 3.05) is 6.54 Å². The number of hydrogen-bond donors (Lipinski definition) is 0. The minimum atomic E-state index is 0.134. The zero-order valence-corrected chi connectivity index (χ0v) is 32.1. The molecular formula is C53H49N3. The number of aliphatic imine (C=N–C) groups is 2. The number of fused-ring (bicyclic) bond motifs is 7. The maximum atomic E-state index is 5.60. The molecule has 0 amide bonds. The molecule has 0 saturated heterocycles. The summed E-state index contributed by atoms with van der Waals surface area (Å²) in [5, 5.41) is 5.12. The van der Waals surface area contributed by atoms with Gasteiger partial charge in [0.05, 0.1) is 11.4 Å². The molecule has 6 aliphatic carbocycles. The van der Waals surface area contributed by atoms with Gasteiger partial charge in [0.1, 0.15) is 5.84 Å². The van der Waals surface area contributed by atoms with Gasteiger partial charge in [-0.1, -0.05) is 146 Å². The van der Waals surface area contributed by atoms with Crippen LogP contribution in [0.1, 0.15) is 61.1 Å². The summed E-state index contributed by atoms with van der Waals surface area (Å²) in [4.78, 5) is 16.1. The second kappa shape index (κ2) is 14.3. The summed E-state index contributed by atoms with van der Waals surface area (Å²) >= 11 is 0. The van der Waals surface area contributed by atoms with Crippen LogP contribution in [-0.2, 0) is 6.42 Å². The maximum absolute atomic E-state index is 5.60. The van der Waals surface area contributed by atoms with E-state index in [1.165, 1.54) is 50.4 Å². The SMILES string of the molecule is C1=CC2C=C(C3=NC(C4C=CC(C5C=c6ccccc6=NC5)=CC4)=NC(C4=CCC(c5cc6ccccc6c6c5CCC=C6)CC4)C3)C3C=CC=CC3C2C=C1. The van der Waals surface area contributed by atoms with Gasteiger partial charge in [-0.25, -0.2) is 4.99 Å². The zero-order valence-electron chi connectivity index (χ0n) is 32.1. The van der Waals surface area contributed by atoms with Crippen LogP contribution in [-0.4, -0.2) is 24.1 Å². The van der Waals surface area contributed by atoms with Crippen molar-refractivity contribution in [2.24, 2.45) is 50.5 Å². The highest BCUT2D eigenvalue weighted by Crippen LogP contribution is 2.47. The summed E-state index contributed by atoms with van der Waals surface area (Å²) in [6, 6.07) is 20.1. The summed E-state index contributed by atoms with van der Waals surface area (Å²) in [6.07, 6.45) is 45.6. The molecule has 0 spiro atoms. The van der Waals surface area contributed by atoms with E-state index in [9.17, 15) is 0 Å². The number of rotatable bonds is 5. The van der Waals surface area contributed by atoms with Gasteiger partial charge in [0, 0.05) is 42.3 Å². The Labute approximate surface area is 330 Å². The Balaban J connectivity index is 0.917. The van der Waals surface area contributed by atoms with Gasteiger partial charge in [0.2, 0.25) is 0 Å². The lowest BCUT2D eigenvalue weighted by atomic mass is 9.63. The molecule has 0 bridgehead atoms. The molecule has 0 aromatic heterocycles. The first-order valence-electron chi connectivity index (χ1n) is 21.2. The highest BCUT2D eigenvalue weighted by atomic mass is 15.0. The van der Waals surface area contributed by atoms with Crippen molar-refractivity contribution in [2.45, 2.75) is 56.9 Å². The average molecular weight is 728 g/mol. The summed E-state index contributed by atoms with van der Waals surface area (Å²) in [7, 11) is 0. The van der Waals surface area contributed by atoms with E-state index in [1.807, 2.05) is 0 Å². The Hall–Kier alpha value is -5.41. The second-order valence-corrected chi connectivity index (χ2v) is 17.0. The lowest BCUT2D eigenvalue weighted by Gasteiger charge is -2.41. The highest BCUT2D eigenvalue weighted by molar-refractivity contribution is 6.11. The van der Waals surface area contributed by atoms with Gasteiger partial charge in [-0.3, -0.25) is 9.98 Å². The third kappa shape index (κ3) is 6.08.